The molecule has 2 N–H and O–H groups in total. The second-order valence-corrected chi connectivity index (χ2v) is 27.5. The maximum atomic E-state index is 12.4. The van der Waals surface area contributed by atoms with Crippen molar-refractivity contribution in [2.45, 2.75) is 179 Å². The fourth-order valence-corrected chi connectivity index (χ4v) is 14.6. The van der Waals surface area contributed by atoms with Gasteiger partial charge in [0, 0.05) is 101 Å². The number of hydrogen-bond acceptors (Lipinski definition) is 13. The van der Waals surface area contributed by atoms with Crippen molar-refractivity contribution in [3.8, 4) is 0 Å². The Hall–Kier alpha value is -3.97. The van der Waals surface area contributed by atoms with E-state index in [9.17, 15) is 54.5 Å². The number of unbranched alkanes of at least 4 members (excludes halogenated alkanes) is 6. The van der Waals surface area contributed by atoms with Gasteiger partial charge in [0.05, 0.1) is 43.8 Å². The van der Waals surface area contributed by atoms with Crippen LogP contribution in [-0.2, 0) is 67.0 Å². The maximum absolute atomic E-state index is 12.4. The van der Waals surface area contributed by atoms with Crippen molar-refractivity contribution in [1.29, 1.82) is 0 Å². The van der Waals surface area contributed by atoms with Crippen molar-refractivity contribution < 1.29 is 119 Å². The molecule has 3 aromatic rings. The molecule has 0 bridgehead atoms. The zero-order chi connectivity index (χ0) is 60.9. The van der Waals surface area contributed by atoms with Crippen LogP contribution in [0.25, 0.3) is 0 Å². The molecule has 0 aliphatic carbocycles. The summed E-state index contributed by atoms with van der Waals surface area (Å²) in [6.07, 6.45) is 19.8. The molecule has 0 fully saturated rings. The van der Waals surface area contributed by atoms with Gasteiger partial charge in [0.15, 0.2) is 11.4 Å². The predicted molar refractivity (Wildman–Crippen MR) is 322 cm³/mol. The van der Waals surface area contributed by atoms with Crippen molar-refractivity contribution >= 4 is 77.7 Å². The Balaban J connectivity index is 0.0000113. The van der Waals surface area contributed by atoms with Gasteiger partial charge in [-0.1, -0.05) is 55.5 Å². The quantitative estimate of drug-likeness (QED) is 0.0210. The first kappa shape index (κ1) is 69.1. The molecule has 4 aliphatic rings. The molecule has 3 atom stereocenters. The van der Waals surface area contributed by atoms with E-state index in [-0.39, 0.29) is 87.6 Å². The molecule has 84 heavy (non-hydrogen) atoms. The molecule has 21 heteroatoms. The van der Waals surface area contributed by atoms with Crippen LogP contribution in [-0.4, -0.2) is 116 Å². The monoisotopic (exact) mass is 1240 g/mol. The molecule has 4 heterocycles. The first-order chi connectivity index (χ1) is 39.0. The van der Waals surface area contributed by atoms with E-state index in [4.69, 9.17) is 4.18 Å². The number of rotatable bonds is 30. The summed E-state index contributed by atoms with van der Waals surface area (Å²) >= 11 is -2.58. The Bertz CT molecular complexity index is 3440. The van der Waals surface area contributed by atoms with Gasteiger partial charge in [-0.3, -0.25) is 9.59 Å². The summed E-state index contributed by atoms with van der Waals surface area (Å²) in [6, 6.07) is 15.5. The number of carbonyl (C=O) groups is 2. The minimum absolute atomic E-state index is 0. The maximum Gasteiger partial charge on any atom is 1.00 e. The largest absolute Gasteiger partial charge is 1.00 e. The molecule has 0 spiro atoms. The molecule has 3 aromatic carbocycles. The van der Waals surface area contributed by atoms with Gasteiger partial charge in [-0.2, -0.15) is 9.15 Å². The van der Waals surface area contributed by atoms with E-state index >= 15 is 0 Å². The van der Waals surface area contributed by atoms with E-state index in [1.54, 1.807) is 6.07 Å². The third-order valence-electron chi connectivity index (χ3n) is 17.6. The summed E-state index contributed by atoms with van der Waals surface area (Å²) in [5.74, 6) is -2.22. The van der Waals surface area contributed by atoms with Gasteiger partial charge in [0.2, 0.25) is 11.4 Å². The number of nitrogens with zero attached hydrogens (tertiary/aromatic N) is 4. The van der Waals surface area contributed by atoms with E-state index in [1.165, 1.54) is 23.3 Å². The average Bonchev–Trinajstić information content (AvgIpc) is 1.74. The number of aliphatic carboxylic acids is 2. The average molecular weight is 1240 g/mol. The van der Waals surface area contributed by atoms with E-state index in [2.05, 4.69) is 124 Å². The summed E-state index contributed by atoms with van der Waals surface area (Å²) in [5, 5.41) is 18.7. The molecule has 0 saturated heterocycles. The van der Waals surface area contributed by atoms with Crippen molar-refractivity contribution in [2.24, 2.45) is 0 Å². The van der Waals surface area contributed by atoms with Gasteiger partial charge in [0.25, 0.3) is 0 Å². The second kappa shape index (κ2) is 28.5. The molecule has 0 saturated carbocycles. The van der Waals surface area contributed by atoms with Gasteiger partial charge < -0.3 is 37.9 Å². The van der Waals surface area contributed by atoms with Crippen molar-refractivity contribution in [1.82, 2.24) is 0 Å². The second-order valence-electron chi connectivity index (χ2n) is 23.9. The molecule has 0 amide bonds. The normalized spacial score (nSPS) is 21.0. The van der Waals surface area contributed by atoms with E-state index in [0.29, 0.717) is 88.8 Å². The minimum Gasteiger partial charge on any atom is -0.750 e. The Morgan fingerprint density at radius 1 is 0.631 bits per heavy atom. The molecule has 452 valence electrons. The third kappa shape index (κ3) is 15.3. The van der Waals surface area contributed by atoms with Crippen molar-refractivity contribution in [2.75, 3.05) is 48.3 Å². The zero-order valence-electron chi connectivity index (χ0n) is 50.6. The summed E-state index contributed by atoms with van der Waals surface area (Å²) < 4.78 is 104. The fraction of sp³-hybridized carbons (Fsp3) is 0.524. The van der Waals surface area contributed by atoms with Gasteiger partial charge in [-0.05, 0) is 161 Å². The summed E-state index contributed by atoms with van der Waals surface area (Å²) in [6.45, 7) is 22.0. The topological polar surface area (TPSA) is 251 Å². The van der Waals surface area contributed by atoms with Crippen LogP contribution in [0.4, 0.5) is 22.7 Å². The number of fused-ring (bicyclic) bond motifs is 4. The van der Waals surface area contributed by atoms with Crippen LogP contribution < -0.4 is 61.2 Å². The Morgan fingerprint density at radius 3 is 1.51 bits per heavy atom. The summed E-state index contributed by atoms with van der Waals surface area (Å²) in [7, 11) is -9.29. The van der Waals surface area contributed by atoms with E-state index < -0.39 is 65.5 Å². The molecular formula is C63H83KN4O13S3. The van der Waals surface area contributed by atoms with Gasteiger partial charge in [0.1, 0.15) is 23.2 Å². The van der Waals surface area contributed by atoms with Crippen molar-refractivity contribution in [3.05, 3.63) is 124 Å². The zero-order valence-corrected chi connectivity index (χ0v) is 56.2. The minimum atomic E-state index is -4.83. The molecule has 0 radical (unpaired) electrons. The summed E-state index contributed by atoms with van der Waals surface area (Å²) in [5.41, 5.74) is 11.3. The molecule has 4 aliphatic heterocycles. The Labute approximate surface area is 543 Å². The number of allylic oxidation sites excluding steroid dienone is 8. The number of benzene rings is 3. The molecular weight excluding hydrogens is 1160 g/mol. The smallest absolute Gasteiger partial charge is 0.750 e. The van der Waals surface area contributed by atoms with Gasteiger partial charge in [-0.15, -0.1) is 0 Å². The SMILES string of the molecule is CC[N+]1=C(C=CC=C2N(CCCCOS(=O)[O-])c3ccc(C)cc3C2(C)CCCCCC(=O)O)C(C)(C)c2cc3c(cc21)C(C)(C)C(C=CC=C1N(CCCCS(=O)(=O)[O-])c2ccc(S(=O)(=O)[O-])cc2C1(C)CCCCCC(=O)O)=[N+]3CC.[K+]. The third-order valence-corrected chi connectivity index (χ3v) is 19.5. The van der Waals surface area contributed by atoms with Crippen LogP contribution in [0, 0.1) is 6.92 Å². The molecule has 17 nitrogen and oxygen atoms in total. The fourth-order valence-electron chi connectivity index (χ4n) is 13.2. The molecule has 0 aromatic heterocycles. The predicted octanol–water partition coefficient (Wildman–Crippen LogP) is 8.12. The number of aryl methyl sites for hydroxylation is 1. The van der Waals surface area contributed by atoms with Crippen LogP contribution >= 0.6 is 0 Å². The Morgan fingerprint density at radius 2 is 1.08 bits per heavy atom. The van der Waals surface area contributed by atoms with E-state index in [1.807, 2.05) is 24.0 Å². The number of anilines is 2. The molecule has 3 unspecified atom stereocenters. The Kier molecular flexibility index (Phi) is 23.4. The van der Waals surface area contributed by atoms with Gasteiger partial charge >= 0.3 is 63.3 Å². The van der Waals surface area contributed by atoms with Crippen LogP contribution in [0.15, 0.2) is 101 Å². The first-order valence-corrected chi connectivity index (χ1v) is 33.1. The standard InChI is InChI=1S/C63H84N4O13S3.K/c1-10-64-52-43-47-53(42-46(52)60(4,5)54(64)24-22-26-56-62(8,34-16-12-14-28-58(68)69)48-40-44(3)30-32-50(48)66(56)36-18-20-38-80-81(72)73)65(11-2)55(61(47,6)7)25-23-27-57-63(9,35-17-13-15-29-59(70)71)49-41-45(83(77,78)79)31-33-51(49)67(57)37-19-21-39-82(74,75)76;/h22-27,30-33,40-43H,10-21,28-29,34-39H2,1-9H3,(H3-2,68,69,70,71,72,73,74,75,76,77,78,79);/q;+1/p-1. The van der Waals surface area contributed by atoms with E-state index in [0.717, 1.165) is 70.3 Å². The number of carboxylic acid groups (broad SMARTS) is 2. The first-order valence-electron chi connectivity index (χ1n) is 29.1. The summed E-state index contributed by atoms with van der Waals surface area (Å²) in [4.78, 5) is 26.8. The van der Waals surface area contributed by atoms with Crippen LogP contribution in [0.3, 0.4) is 0 Å². The number of carboxylic acids is 2. The number of hydrogen-bond donors (Lipinski definition) is 2. The van der Waals surface area contributed by atoms with Crippen molar-refractivity contribution in [3.63, 3.8) is 0 Å². The van der Waals surface area contributed by atoms with Crippen LogP contribution in [0.2, 0.25) is 0 Å². The van der Waals surface area contributed by atoms with Crippen LogP contribution in [0.1, 0.15) is 173 Å². The van der Waals surface area contributed by atoms with Gasteiger partial charge in [-0.25, -0.2) is 21.0 Å². The molecule has 7 rings (SSSR count). The van der Waals surface area contributed by atoms with Crippen LogP contribution in [0.5, 0.6) is 0 Å².